The van der Waals surface area contributed by atoms with E-state index in [1.807, 2.05) is 20.8 Å². The SMILES string of the molecule is CN[C@@H](CC(=O)O)C(C)(C)C. The molecule has 0 saturated heterocycles. The molecular weight excluding hydrogens is 142 g/mol. The quantitative estimate of drug-likeness (QED) is 0.648. The van der Waals surface area contributed by atoms with Crippen LogP contribution in [0.5, 0.6) is 0 Å². The number of hydrogen-bond donors (Lipinski definition) is 2. The Morgan fingerprint density at radius 3 is 2.09 bits per heavy atom. The fourth-order valence-corrected chi connectivity index (χ4v) is 1.02. The second kappa shape index (κ2) is 3.72. The maximum Gasteiger partial charge on any atom is 0.304 e. The van der Waals surface area contributed by atoms with Gasteiger partial charge >= 0.3 is 5.97 Å². The summed E-state index contributed by atoms with van der Waals surface area (Å²) in [6.45, 7) is 6.07. The van der Waals surface area contributed by atoms with E-state index in [9.17, 15) is 4.79 Å². The second-order valence-electron chi connectivity index (χ2n) is 3.81. The molecule has 0 radical (unpaired) electrons. The summed E-state index contributed by atoms with van der Waals surface area (Å²) in [4.78, 5) is 10.4. The Bertz CT molecular complexity index is 138. The van der Waals surface area contributed by atoms with Gasteiger partial charge in [0.05, 0.1) is 6.42 Å². The standard InChI is InChI=1S/C8H17NO2/c1-8(2,3)6(9-4)5-7(10)11/h6,9H,5H2,1-4H3,(H,10,11)/t6-/m0/s1. The molecule has 11 heavy (non-hydrogen) atoms. The van der Waals surface area contributed by atoms with Crippen LogP contribution in [0.1, 0.15) is 27.2 Å². The monoisotopic (exact) mass is 159 g/mol. The van der Waals surface area contributed by atoms with Crippen molar-refractivity contribution in [3.8, 4) is 0 Å². The number of nitrogens with one attached hydrogen (secondary N) is 1. The van der Waals surface area contributed by atoms with Crippen LogP contribution in [0.4, 0.5) is 0 Å². The van der Waals surface area contributed by atoms with E-state index in [1.54, 1.807) is 7.05 Å². The fraction of sp³-hybridized carbons (Fsp3) is 0.875. The van der Waals surface area contributed by atoms with E-state index in [-0.39, 0.29) is 17.9 Å². The maximum absolute atomic E-state index is 10.4. The second-order valence-corrected chi connectivity index (χ2v) is 3.81. The first kappa shape index (κ1) is 10.4. The Labute approximate surface area is 67.8 Å². The molecule has 0 aromatic heterocycles. The molecule has 0 amide bonds. The summed E-state index contributed by atoms with van der Waals surface area (Å²) in [5.41, 5.74) is 0.00708. The first-order chi connectivity index (χ1) is 4.88. The van der Waals surface area contributed by atoms with Gasteiger partial charge in [0.25, 0.3) is 0 Å². The summed E-state index contributed by atoms with van der Waals surface area (Å²) in [5, 5.41) is 11.5. The molecule has 0 unspecified atom stereocenters. The number of carboxylic acids is 1. The van der Waals surface area contributed by atoms with Crippen molar-refractivity contribution in [3.05, 3.63) is 0 Å². The zero-order valence-corrected chi connectivity index (χ0v) is 7.64. The van der Waals surface area contributed by atoms with Crippen LogP contribution in [0, 0.1) is 5.41 Å². The van der Waals surface area contributed by atoms with Crippen molar-refractivity contribution in [2.75, 3.05) is 7.05 Å². The van der Waals surface area contributed by atoms with Gasteiger partial charge in [-0.15, -0.1) is 0 Å². The normalized spacial score (nSPS) is 14.5. The minimum absolute atomic E-state index is 0.00708. The van der Waals surface area contributed by atoms with Gasteiger partial charge in [0.2, 0.25) is 0 Å². The molecule has 66 valence electrons. The summed E-state index contributed by atoms with van der Waals surface area (Å²) >= 11 is 0. The van der Waals surface area contributed by atoms with Crippen molar-refractivity contribution in [1.29, 1.82) is 0 Å². The molecule has 0 rings (SSSR count). The van der Waals surface area contributed by atoms with Crippen LogP contribution in [0.25, 0.3) is 0 Å². The number of carboxylic acid groups (broad SMARTS) is 1. The summed E-state index contributed by atoms with van der Waals surface area (Å²) in [6.07, 6.45) is 0.181. The third-order valence-corrected chi connectivity index (χ3v) is 1.77. The Morgan fingerprint density at radius 1 is 1.55 bits per heavy atom. The summed E-state index contributed by atoms with van der Waals surface area (Å²) in [7, 11) is 1.79. The topological polar surface area (TPSA) is 49.3 Å². The molecule has 0 aromatic rings. The molecule has 0 aliphatic heterocycles. The lowest BCUT2D eigenvalue weighted by Crippen LogP contribution is -2.39. The molecule has 0 saturated carbocycles. The molecule has 2 N–H and O–H groups in total. The van der Waals surface area contributed by atoms with Crippen molar-refractivity contribution in [1.82, 2.24) is 5.32 Å². The van der Waals surface area contributed by atoms with Crippen LogP contribution >= 0.6 is 0 Å². The molecule has 3 nitrogen and oxygen atoms in total. The van der Waals surface area contributed by atoms with Gasteiger partial charge < -0.3 is 10.4 Å². The maximum atomic E-state index is 10.4. The fourth-order valence-electron chi connectivity index (χ4n) is 1.02. The minimum Gasteiger partial charge on any atom is -0.481 e. The number of rotatable bonds is 3. The lowest BCUT2D eigenvalue weighted by molar-refractivity contribution is -0.138. The highest BCUT2D eigenvalue weighted by Gasteiger charge is 2.24. The predicted octanol–water partition coefficient (Wildman–Crippen LogP) is 1.10. The molecule has 0 heterocycles. The Balaban J connectivity index is 4.07. The van der Waals surface area contributed by atoms with E-state index in [1.165, 1.54) is 0 Å². The van der Waals surface area contributed by atoms with E-state index >= 15 is 0 Å². The largest absolute Gasteiger partial charge is 0.481 e. The molecule has 0 aliphatic carbocycles. The van der Waals surface area contributed by atoms with Crippen molar-refractivity contribution < 1.29 is 9.90 Å². The van der Waals surface area contributed by atoms with Gasteiger partial charge in [-0.3, -0.25) is 4.79 Å². The first-order valence-corrected chi connectivity index (χ1v) is 3.77. The van der Waals surface area contributed by atoms with Crippen LogP contribution in [0.15, 0.2) is 0 Å². The third-order valence-electron chi connectivity index (χ3n) is 1.77. The molecular formula is C8H17NO2. The van der Waals surface area contributed by atoms with Gasteiger partial charge in [-0.25, -0.2) is 0 Å². The van der Waals surface area contributed by atoms with E-state index in [0.29, 0.717) is 0 Å². The van der Waals surface area contributed by atoms with Crippen LogP contribution < -0.4 is 5.32 Å². The van der Waals surface area contributed by atoms with Gasteiger partial charge in [-0.05, 0) is 12.5 Å². The smallest absolute Gasteiger partial charge is 0.304 e. The average molecular weight is 159 g/mol. The highest BCUT2D eigenvalue weighted by molar-refractivity contribution is 5.67. The predicted molar refractivity (Wildman–Crippen MR) is 44.6 cm³/mol. The van der Waals surface area contributed by atoms with Crippen LogP contribution in [-0.4, -0.2) is 24.2 Å². The molecule has 0 aromatic carbocycles. The number of aliphatic carboxylic acids is 1. The Morgan fingerprint density at radius 2 is 2.00 bits per heavy atom. The molecule has 0 bridgehead atoms. The van der Waals surface area contributed by atoms with E-state index in [4.69, 9.17) is 5.11 Å². The van der Waals surface area contributed by atoms with Crippen molar-refractivity contribution in [3.63, 3.8) is 0 Å². The summed E-state index contributed by atoms with van der Waals surface area (Å²) in [5.74, 6) is -0.751. The molecule has 1 atom stereocenters. The Kier molecular flexibility index (Phi) is 3.52. The molecule has 0 fully saturated rings. The number of carbonyl (C=O) groups is 1. The number of hydrogen-bond acceptors (Lipinski definition) is 2. The zero-order chi connectivity index (χ0) is 9.07. The van der Waals surface area contributed by atoms with Gasteiger partial charge in [0, 0.05) is 6.04 Å². The molecule has 0 spiro atoms. The average Bonchev–Trinajstić information content (AvgIpc) is 1.79. The summed E-state index contributed by atoms with van der Waals surface area (Å²) < 4.78 is 0. The lowest BCUT2D eigenvalue weighted by atomic mass is 9.85. The molecule has 0 aliphatic rings. The van der Waals surface area contributed by atoms with E-state index in [2.05, 4.69) is 5.32 Å². The Hall–Kier alpha value is -0.570. The van der Waals surface area contributed by atoms with Crippen molar-refractivity contribution in [2.45, 2.75) is 33.2 Å². The highest BCUT2D eigenvalue weighted by Crippen LogP contribution is 2.21. The lowest BCUT2D eigenvalue weighted by Gasteiger charge is -2.28. The van der Waals surface area contributed by atoms with Gasteiger partial charge in [-0.2, -0.15) is 0 Å². The van der Waals surface area contributed by atoms with Gasteiger partial charge in [-0.1, -0.05) is 20.8 Å². The zero-order valence-electron chi connectivity index (χ0n) is 7.64. The highest BCUT2D eigenvalue weighted by atomic mass is 16.4. The summed E-state index contributed by atoms with van der Waals surface area (Å²) in [6, 6.07) is 0.0417. The third kappa shape index (κ3) is 3.98. The van der Waals surface area contributed by atoms with Crippen LogP contribution in [0.3, 0.4) is 0 Å². The first-order valence-electron chi connectivity index (χ1n) is 3.77. The van der Waals surface area contributed by atoms with Crippen molar-refractivity contribution in [2.24, 2.45) is 5.41 Å². The minimum atomic E-state index is -0.751. The van der Waals surface area contributed by atoms with E-state index < -0.39 is 5.97 Å². The van der Waals surface area contributed by atoms with Crippen LogP contribution in [0.2, 0.25) is 0 Å². The van der Waals surface area contributed by atoms with Gasteiger partial charge in [0.15, 0.2) is 0 Å². The molecule has 3 heteroatoms. The van der Waals surface area contributed by atoms with Gasteiger partial charge in [0.1, 0.15) is 0 Å². The van der Waals surface area contributed by atoms with Crippen LogP contribution in [-0.2, 0) is 4.79 Å². The van der Waals surface area contributed by atoms with Crippen molar-refractivity contribution >= 4 is 5.97 Å². The van der Waals surface area contributed by atoms with E-state index in [0.717, 1.165) is 0 Å².